The average molecular weight is 280 g/mol. The van der Waals surface area contributed by atoms with Crippen molar-refractivity contribution in [2.75, 3.05) is 6.54 Å². The lowest BCUT2D eigenvalue weighted by Crippen LogP contribution is -2.28. The largest absolute Gasteiger partial charge is 0.336 e. The molecule has 0 saturated heterocycles. The fourth-order valence-corrected chi connectivity index (χ4v) is 2.54. The zero-order valence-corrected chi connectivity index (χ0v) is 11.2. The van der Waals surface area contributed by atoms with Gasteiger partial charge in [-0.1, -0.05) is 5.16 Å². The van der Waals surface area contributed by atoms with Crippen molar-refractivity contribution < 1.29 is 12.9 Å². The van der Waals surface area contributed by atoms with E-state index < -0.39 is 15.9 Å². The van der Waals surface area contributed by atoms with Gasteiger partial charge in [-0.2, -0.15) is 5.26 Å². The molecule has 7 nitrogen and oxygen atoms in total. The highest BCUT2D eigenvalue weighted by atomic mass is 32.2. The predicted octanol–water partition coefficient (Wildman–Crippen LogP) is 0.969. The van der Waals surface area contributed by atoms with Crippen LogP contribution in [0.1, 0.15) is 12.6 Å². The maximum absolute atomic E-state index is 12.0. The van der Waals surface area contributed by atoms with Crippen molar-refractivity contribution in [2.45, 2.75) is 18.7 Å². The van der Waals surface area contributed by atoms with Crippen molar-refractivity contribution in [3.63, 3.8) is 0 Å². The number of nitrogens with zero attached hydrogens (tertiary/aromatic N) is 3. The Morgan fingerprint density at radius 1 is 1.58 bits per heavy atom. The highest BCUT2D eigenvalue weighted by molar-refractivity contribution is 7.89. The van der Waals surface area contributed by atoms with Gasteiger partial charge in [0.1, 0.15) is 4.90 Å². The van der Waals surface area contributed by atoms with Crippen molar-refractivity contribution in [1.82, 2.24) is 14.9 Å². The van der Waals surface area contributed by atoms with E-state index >= 15 is 0 Å². The molecule has 0 bridgehead atoms. The molecule has 8 heteroatoms. The first-order valence-electron chi connectivity index (χ1n) is 5.55. The van der Waals surface area contributed by atoms with Gasteiger partial charge in [-0.05, 0) is 19.9 Å². The standard InChI is InChI=1S/C11H12N4O3S/c1-7(4-12)5-14-19(16,17)9-3-10-8(2)15-18-11(10)13-6-9/h3,6-7,14H,5H2,1-2H3/t7-/m0/s1. The topological polar surface area (TPSA) is 109 Å². The monoisotopic (exact) mass is 280 g/mol. The summed E-state index contributed by atoms with van der Waals surface area (Å²) >= 11 is 0. The summed E-state index contributed by atoms with van der Waals surface area (Å²) in [6, 6.07) is 3.41. The van der Waals surface area contributed by atoms with Gasteiger partial charge in [-0.3, -0.25) is 0 Å². The van der Waals surface area contributed by atoms with E-state index in [1.807, 2.05) is 6.07 Å². The Labute approximate surface area is 110 Å². The molecule has 0 aliphatic rings. The van der Waals surface area contributed by atoms with E-state index in [9.17, 15) is 8.42 Å². The van der Waals surface area contributed by atoms with E-state index in [0.717, 1.165) is 0 Å². The van der Waals surface area contributed by atoms with Crippen LogP contribution in [0.15, 0.2) is 21.7 Å². The Morgan fingerprint density at radius 3 is 3.00 bits per heavy atom. The molecule has 0 aromatic carbocycles. The van der Waals surface area contributed by atoms with Crippen LogP contribution in [0.5, 0.6) is 0 Å². The summed E-state index contributed by atoms with van der Waals surface area (Å²) < 4.78 is 31.3. The molecule has 0 radical (unpaired) electrons. The second kappa shape index (κ2) is 4.95. The third-order valence-corrected chi connectivity index (χ3v) is 3.99. The van der Waals surface area contributed by atoms with Crippen LogP contribution in [0.25, 0.3) is 11.1 Å². The minimum absolute atomic E-state index is 0.0245. The van der Waals surface area contributed by atoms with Crippen molar-refractivity contribution in [3.8, 4) is 6.07 Å². The number of aryl methyl sites for hydroxylation is 1. The van der Waals surface area contributed by atoms with Crippen molar-refractivity contribution in [2.24, 2.45) is 5.92 Å². The summed E-state index contributed by atoms with van der Waals surface area (Å²) in [5.74, 6) is -0.399. The van der Waals surface area contributed by atoms with Gasteiger partial charge < -0.3 is 4.52 Å². The van der Waals surface area contributed by atoms with Gasteiger partial charge in [0.25, 0.3) is 5.71 Å². The van der Waals surface area contributed by atoms with Gasteiger partial charge in [0.2, 0.25) is 10.0 Å². The Hall–Kier alpha value is -1.98. The molecule has 2 aromatic heterocycles. The first-order chi connectivity index (χ1) is 8.94. The van der Waals surface area contributed by atoms with Gasteiger partial charge in [0, 0.05) is 6.54 Å². The molecule has 1 atom stereocenters. The highest BCUT2D eigenvalue weighted by Crippen LogP contribution is 2.19. The summed E-state index contributed by atoms with van der Waals surface area (Å²) in [5.41, 5.74) is 0.867. The molecule has 19 heavy (non-hydrogen) atoms. The average Bonchev–Trinajstić information content (AvgIpc) is 2.77. The molecule has 0 aliphatic heterocycles. The van der Waals surface area contributed by atoms with Gasteiger partial charge >= 0.3 is 0 Å². The molecule has 2 aromatic rings. The molecule has 0 fully saturated rings. The third kappa shape index (κ3) is 2.72. The van der Waals surface area contributed by atoms with Crippen molar-refractivity contribution >= 4 is 21.1 Å². The van der Waals surface area contributed by atoms with Crippen LogP contribution in [-0.2, 0) is 10.0 Å². The van der Waals surface area contributed by atoms with Crippen LogP contribution < -0.4 is 4.72 Å². The zero-order valence-electron chi connectivity index (χ0n) is 10.4. The molecule has 0 spiro atoms. The van der Waals surface area contributed by atoms with Gasteiger partial charge in [-0.25, -0.2) is 18.1 Å². The first-order valence-corrected chi connectivity index (χ1v) is 7.03. The van der Waals surface area contributed by atoms with E-state index in [1.165, 1.54) is 12.3 Å². The number of aromatic nitrogens is 2. The molecule has 0 aliphatic carbocycles. The fourth-order valence-electron chi connectivity index (χ4n) is 1.44. The SMILES string of the molecule is Cc1noc2ncc(S(=O)(=O)NC[C@@H](C)C#N)cc12. The first kappa shape index (κ1) is 13.5. The lowest BCUT2D eigenvalue weighted by Gasteiger charge is -2.07. The fraction of sp³-hybridized carbons (Fsp3) is 0.364. The normalized spacial score (nSPS) is 13.3. The van der Waals surface area contributed by atoms with Gasteiger partial charge in [0.05, 0.1) is 29.3 Å². The molecule has 1 N–H and O–H groups in total. The van der Waals surface area contributed by atoms with Crippen LogP contribution >= 0.6 is 0 Å². The molecule has 0 saturated carbocycles. The summed E-state index contributed by atoms with van der Waals surface area (Å²) in [7, 11) is -3.68. The number of hydrogen-bond donors (Lipinski definition) is 1. The minimum atomic E-state index is -3.68. The maximum Gasteiger partial charge on any atom is 0.257 e. The second-order valence-corrected chi connectivity index (χ2v) is 5.94. The lowest BCUT2D eigenvalue weighted by molar-refractivity contribution is 0.442. The van der Waals surface area contributed by atoms with Gasteiger partial charge in [-0.15, -0.1) is 0 Å². The number of sulfonamides is 1. The van der Waals surface area contributed by atoms with E-state index in [-0.39, 0.29) is 11.4 Å². The van der Waals surface area contributed by atoms with Crippen molar-refractivity contribution in [1.29, 1.82) is 5.26 Å². The van der Waals surface area contributed by atoms with Gasteiger partial charge in [0.15, 0.2) is 0 Å². The Kier molecular flexibility index (Phi) is 3.50. The number of hydrogen-bond acceptors (Lipinski definition) is 6. The summed E-state index contributed by atoms with van der Waals surface area (Å²) in [6.45, 7) is 3.39. The van der Waals surface area contributed by atoms with E-state index in [0.29, 0.717) is 16.8 Å². The van der Waals surface area contributed by atoms with Crippen LogP contribution in [0, 0.1) is 24.2 Å². The molecule has 0 amide bonds. The molecular formula is C11H12N4O3S. The smallest absolute Gasteiger partial charge is 0.257 e. The lowest BCUT2D eigenvalue weighted by atomic mass is 10.2. The quantitative estimate of drug-likeness (QED) is 0.893. The number of fused-ring (bicyclic) bond motifs is 1. The molecule has 2 heterocycles. The number of nitrogens with one attached hydrogen (secondary N) is 1. The van der Waals surface area contributed by atoms with Crippen LogP contribution in [0.4, 0.5) is 0 Å². The second-order valence-electron chi connectivity index (χ2n) is 4.17. The van der Waals surface area contributed by atoms with Crippen LogP contribution in [0.2, 0.25) is 0 Å². The van der Waals surface area contributed by atoms with Crippen LogP contribution in [0.3, 0.4) is 0 Å². The van der Waals surface area contributed by atoms with Crippen LogP contribution in [-0.4, -0.2) is 25.1 Å². The maximum atomic E-state index is 12.0. The summed E-state index contributed by atoms with van der Waals surface area (Å²) in [5, 5.41) is 12.9. The highest BCUT2D eigenvalue weighted by Gasteiger charge is 2.18. The molecule has 100 valence electrons. The Bertz CT molecular complexity index is 745. The number of nitriles is 1. The predicted molar refractivity (Wildman–Crippen MR) is 66.5 cm³/mol. The number of rotatable bonds is 4. The van der Waals surface area contributed by atoms with E-state index in [4.69, 9.17) is 9.78 Å². The number of pyridine rings is 1. The molecular weight excluding hydrogens is 268 g/mol. The molecule has 0 unspecified atom stereocenters. The molecule has 2 rings (SSSR count). The van der Waals surface area contributed by atoms with E-state index in [1.54, 1.807) is 13.8 Å². The summed E-state index contributed by atoms with van der Waals surface area (Å²) in [6.07, 6.45) is 1.20. The third-order valence-electron chi connectivity index (χ3n) is 2.60. The summed E-state index contributed by atoms with van der Waals surface area (Å²) in [4.78, 5) is 3.93. The van der Waals surface area contributed by atoms with Crippen molar-refractivity contribution in [3.05, 3.63) is 18.0 Å². The zero-order chi connectivity index (χ0) is 14.0. The Morgan fingerprint density at radius 2 is 2.32 bits per heavy atom. The van der Waals surface area contributed by atoms with E-state index in [2.05, 4.69) is 14.9 Å². The minimum Gasteiger partial charge on any atom is -0.336 e. The Balaban J connectivity index is 2.32.